The molecule has 1 aromatic heterocycles. The number of carbonyl (C=O) groups is 2. The Bertz CT molecular complexity index is 911. The number of amides is 3. The van der Waals surface area contributed by atoms with Crippen LogP contribution in [-0.2, 0) is 11.3 Å². The lowest BCUT2D eigenvalue weighted by molar-refractivity contribution is -0.124. The molecule has 1 aliphatic heterocycles. The molecule has 1 saturated heterocycles. The van der Waals surface area contributed by atoms with Gasteiger partial charge in [-0.25, -0.2) is 9.78 Å². The summed E-state index contributed by atoms with van der Waals surface area (Å²) in [6.45, 7) is 4.26. The summed E-state index contributed by atoms with van der Waals surface area (Å²) in [5.41, 5.74) is 0.328. The molecule has 1 fully saturated rings. The SMILES string of the molecule is C=CCn1c(SCCN2C(=O)CNC2=O)nc2cc(Cl)ccc2c1=O. The highest BCUT2D eigenvalue weighted by molar-refractivity contribution is 7.99. The third-order valence-corrected chi connectivity index (χ3v) is 4.87. The summed E-state index contributed by atoms with van der Waals surface area (Å²) >= 11 is 7.29. The molecule has 0 saturated carbocycles. The molecule has 0 aliphatic carbocycles. The summed E-state index contributed by atoms with van der Waals surface area (Å²) in [5.74, 6) is 0.168. The molecule has 0 bridgehead atoms. The molecule has 0 unspecified atom stereocenters. The van der Waals surface area contributed by atoms with Gasteiger partial charge < -0.3 is 5.32 Å². The molecular formula is C16H15ClN4O3S. The van der Waals surface area contributed by atoms with Crippen molar-refractivity contribution < 1.29 is 9.59 Å². The summed E-state index contributed by atoms with van der Waals surface area (Å²) in [6.07, 6.45) is 1.62. The Morgan fingerprint density at radius 3 is 2.84 bits per heavy atom. The standard InChI is InChI=1S/C16H15ClN4O3S/c1-2-5-21-14(23)11-4-3-10(17)8-12(11)19-16(21)25-7-6-20-13(22)9-18-15(20)24/h2-4,8H,1,5-7,9H2,(H,18,24). The predicted octanol–water partition coefficient (Wildman–Crippen LogP) is 1.88. The lowest BCUT2D eigenvalue weighted by Crippen LogP contribution is -2.33. The van der Waals surface area contributed by atoms with Crippen LogP contribution < -0.4 is 10.9 Å². The van der Waals surface area contributed by atoms with Crippen LogP contribution in [0.2, 0.25) is 5.02 Å². The summed E-state index contributed by atoms with van der Waals surface area (Å²) < 4.78 is 1.51. The minimum atomic E-state index is -0.396. The molecule has 0 atom stereocenters. The highest BCUT2D eigenvalue weighted by Gasteiger charge is 2.27. The van der Waals surface area contributed by atoms with E-state index in [2.05, 4.69) is 16.9 Å². The largest absolute Gasteiger partial charge is 0.329 e. The molecule has 0 radical (unpaired) electrons. The van der Waals surface area contributed by atoms with Gasteiger partial charge in [-0.1, -0.05) is 29.4 Å². The molecule has 1 aliphatic rings. The van der Waals surface area contributed by atoms with Crippen LogP contribution in [0, 0.1) is 0 Å². The number of fused-ring (bicyclic) bond motifs is 1. The maximum Gasteiger partial charge on any atom is 0.324 e. The van der Waals surface area contributed by atoms with E-state index in [4.69, 9.17) is 11.6 Å². The van der Waals surface area contributed by atoms with Crippen molar-refractivity contribution in [2.75, 3.05) is 18.8 Å². The van der Waals surface area contributed by atoms with Crippen LogP contribution in [0.4, 0.5) is 4.79 Å². The third kappa shape index (κ3) is 3.54. The Labute approximate surface area is 152 Å². The summed E-state index contributed by atoms with van der Waals surface area (Å²) in [7, 11) is 0. The number of aromatic nitrogens is 2. The van der Waals surface area contributed by atoms with Crippen molar-refractivity contribution in [1.82, 2.24) is 19.8 Å². The van der Waals surface area contributed by atoms with Gasteiger partial charge >= 0.3 is 6.03 Å². The van der Waals surface area contributed by atoms with E-state index in [9.17, 15) is 14.4 Å². The van der Waals surface area contributed by atoms with Crippen molar-refractivity contribution in [3.05, 3.63) is 46.2 Å². The van der Waals surface area contributed by atoms with Crippen molar-refractivity contribution in [2.45, 2.75) is 11.7 Å². The van der Waals surface area contributed by atoms with Crippen molar-refractivity contribution in [3.8, 4) is 0 Å². The number of urea groups is 1. The Morgan fingerprint density at radius 2 is 2.16 bits per heavy atom. The van der Waals surface area contributed by atoms with E-state index >= 15 is 0 Å². The van der Waals surface area contributed by atoms with Crippen LogP contribution in [0.3, 0.4) is 0 Å². The van der Waals surface area contributed by atoms with Gasteiger partial charge in [0.1, 0.15) is 0 Å². The Hall–Kier alpha value is -2.32. The third-order valence-electron chi connectivity index (χ3n) is 3.68. The van der Waals surface area contributed by atoms with Crippen LogP contribution in [0.15, 0.2) is 40.8 Å². The van der Waals surface area contributed by atoms with E-state index in [1.807, 2.05) is 0 Å². The number of nitrogens with one attached hydrogen (secondary N) is 1. The van der Waals surface area contributed by atoms with Gasteiger partial charge in [0.05, 0.1) is 17.4 Å². The first kappa shape index (κ1) is 17.5. The molecule has 1 N–H and O–H groups in total. The number of halogens is 1. The molecule has 9 heteroatoms. The lowest BCUT2D eigenvalue weighted by atomic mass is 10.2. The molecule has 7 nitrogen and oxygen atoms in total. The van der Waals surface area contributed by atoms with Gasteiger partial charge in [0, 0.05) is 23.9 Å². The van der Waals surface area contributed by atoms with Crippen LogP contribution in [0.1, 0.15) is 0 Å². The minimum absolute atomic E-state index is 0.0252. The zero-order valence-electron chi connectivity index (χ0n) is 13.2. The fourth-order valence-corrected chi connectivity index (χ4v) is 3.58. The topological polar surface area (TPSA) is 84.3 Å². The Balaban J connectivity index is 1.87. The quantitative estimate of drug-likeness (QED) is 0.359. The predicted molar refractivity (Wildman–Crippen MR) is 97.0 cm³/mol. The van der Waals surface area contributed by atoms with Crippen molar-refractivity contribution in [2.24, 2.45) is 0 Å². The van der Waals surface area contributed by atoms with E-state index in [1.165, 1.54) is 16.3 Å². The van der Waals surface area contributed by atoms with Gasteiger partial charge in [0.2, 0.25) is 5.91 Å². The second-order valence-electron chi connectivity index (χ2n) is 5.31. The maximum atomic E-state index is 12.7. The van der Waals surface area contributed by atoms with Gasteiger partial charge in [-0.15, -0.1) is 6.58 Å². The van der Waals surface area contributed by atoms with Gasteiger partial charge in [0.25, 0.3) is 5.56 Å². The first-order valence-corrected chi connectivity index (χ1v) is 8.89. The molecule has 0 spiro atoms. The number of imide groups is 1. The zero-order chi connectivity index (χ0) is 18.0. The number of hydrogen-bond donors (Lipinski definition) is 1. The molecule has 3 rings (SSSR count). The van der Waals surface area contributed by atoms with E-state index in [1.54, 1.807) is 24.3 Å². The number of hydrogen-bond acceptors (Lipinski definition) is 5. The van der Waals surface area contributed by atoms with Gasteiger partial charge in [-0.05, 0) is 18.2 Å². The first-order valence-electron chi connectivity index (χ1n) is 7.53. The molecular weight excluding hydrogens is 364 g/mol. The number of thioether (sulfide) groups is 1. The fraction of sp³-hybridized carbons (Fsp3) is 0.250. The smallest absolute Gasteiger partial charge is 0.324 e. The second kappa shape index (κ2) is 7.28. The van der Waals surface area contributed by atoms with E-state index < -0.39 is 6.03 Å². The van der Waals surface area contributed by atoms with Crippen molar-refractivity contribution >= 4 is 46.2 Å². The Morgan fingerprint density at radius 1 is 1.36 bits per heavy atom. The average Bonchev–Trinajstić information content (AvgIpc) is 2.89. The van der Waals surface area contributed by atoms with Crippen LogP contribution in [0.25, 0.3) is 10.9 Å². The van der Waals surface area contributed by atoms with Crippen molar-refractivity contribution in [1.29, 1.82) is 0 Å². The van der Waals surface area contributed by atoms with Gasteiger partial charge in [-0.2, -0.15) is 0 Å². The number of nitrogens with zero attached hydrogens (tertiary/aromatic N) is 3. The minimum Gasteiger partial charge on any atom is -0.329 e. The van der Waals surface area contributed by atoms with Crippen LogP contribution in [-0.4, -0.2) is 45.2 Å². The lowest BCUT2D eigenvalue weighted by Gasteiger charge is -2.14. The number of benzene rings is 1. The monoisotopic (exact) mass is 378 g/mol. The first-order chi connectivity index (χ1) is 12.0. The molecule has 2 heterocycles. The number of rotatable bonds is 6. The average molecular weight is 379 g/mol. The maximum absolute atomic E-state index is 12.7. The van der Waals surface area contributed by atoms with E-state index in [-0.39, 0.29) is 24.6 Å². The summed E-state index contributed by atoms with van der Waals surface area (Å²) in [6, 6.07) is 4.54. The van der Waals surface area contributed by atoms with E-state index in [0.717, 1.165) is 4.90 Å². The highest BCUT2D eigenvalue weighted by atomic mass is 35.5. The Kier molecular flexibility index (Phi) is 5.10. The van der Waals surface area contributed by atoms with Gasteiger partial charge in [-0.3, -0.25) is 19.1 Å². The normalized spacial score (nSPS) is 14.2. The zero-order valence-corrected chi connectivity index (χ0v) is 14.8. The van der Waals surface area contributed by atoms with Crippen molar-refractivity contribution in [3.63, 3.8) is 0 Å². The molecule has 1 aromatic carbocycles. The molecule has 2 aromatic rings. The van der Waals surface area contributed by atoms with Crippen LogP contribution in [0.5, 0.6) is 0 Å². The summed E-state index contributed by atoms with van der Waals surface area (Å²) in [4.78, 5) is 41.5. The fourth-order valence-electron chi connectivity index (χ4n) is 2.48. The number of carbonyl (C=O) groups excluding carboxylic acids is 2. The van der Waals surface area contributed by atoms with E-state index in [0.29, 0.717) is 33.4 Å². The second-order valence-corrected chi connectivity index (χ2v) is 6.81. The molecule has 25 heavy (non-hydrogen) atoms. The molecule has 3 amide bonds. The van der Waals surface area contributed by atoms with Gasteiger partial charge in [0.15, 0.2) is 5.16 Å². The highest BCUT2D eigenvalue weighted by Crippen LogP contribution is 2.21. The summed E-state index contributed by atoms with van der Waals surface area (Å²) in [5, 5.41) is 3.93. The van der Waals surface area contributed by atoms with Crippen LogP contribution >= 0.6 is 23.4 Å². The molecule has 130 valence electrons. The number of allylic oxidation sites excluding steroid dienone is 1.